The van der Waals surface area contributed by atoms with Crippen LogP contribution in [0.2, 0.25) is 6.04 Å². The first-order chi connectivity index (χ1) is 8.06. The first kappa shape index (κ1) is 14.2. The molecule has 0 aliphatic heterocycles. The minimum Gasteiger partial charge on any atom is -0.377 e. The number of rotatable bonds is 6. The summed E-state index contributed by atoms with van der Waals surface area (Å²) >= 11 is 0. The van der Waals surface area contributed by atoms with Crippen molar-refractivity contribution < 1.29 is 22.1 Å². The third-order valence-corrected chi connectivity index (χ3v) is 5.38. The summed E-state index contributed by atoms with van der Waals surface area (Å²) in [6.07, 6.45) is 0.383. The molecule has 0 N–H and O–H groups in total. The zero-order chi connectivity index (χ0) is 12.9. The molecule has 0 fully saturated rings. The quantitative estimate of drug-likeness (QED) is 0.737. The number of hydrogen-bond donors (Lipinski definition) is 0. The fourth-order valence-electron chi connectivity index (χ4n) is 1.57. The van der Waals surface area contributed by atoms with Gasteiger partial charge in [0, 0.05) is 33.4 Å². The third-order valence-electron chi connectivity index (χ3n) is 2.65. The van der Waals surface area contributed by atoms with E-state index in [1.165, 1.54) is 33.5 Å². The first-order valence-electron chi connectivity index (χ1n) is 5.16. The summed E-state index contributed by atoms with van der Waals surface area (Å²) in [6, 6.07) is 3.96. The Morgan fingerprint density at radius 3 is 2.12 bits per heavy atom. The van der Waals surface area contributed by atoms with E-state index in [1.807, 2.05) is 0 Å². The van der Waals surface area contributed by atoms with E-state index in [-0.39, 0.29) is 0 Å². The summed E-state index contributed by atoms with van der Waals surface area (Å²) < 4.78 is 41.8. The van der Waals surface area contributed by atoms with E-state index in [1.54, 1.807) is 0 Å². The lowest BCUT2D eigenvalue weighted by molar-refractivity contribution is 0.123. The average molecular weight is 262 g/mol. The van der Waals surface area contributed by atoms with E-state index in [9.17, 15) is 8.78 Å². The van der Waals surface area contributed by atoms with Crippen molar-refractivity contribution in [2.24, 2.45) is 0 Å². The molecule has 1 aromatic rings. The molecule has 0 bridgehead atoms. The van der Waals surface area contributed by atoms with E-state index < -0.39 is 20.4 Å². The van der Waals surface area contributed by atoms with Crippen molar-refractivity contribution in [2.75, 3.05) is 21.3 Å². The Hall–Kier alpha value is -0.823. The largest absolute Gasteiger partial charge is 0.500 e. The molecule has 0 aliphatic carbocycles. The van der Waals surface area contributed by atoms with E-state index in [0.717, 1.165) is 6.07 Å². The van der Waals surface area contributed by atoms with Crippen molar-refractivity contribution in [3.63, 3.8) is 0 Å². The fraction of sp³-hybridized carbons (Fsp3) is 0.455. The molecule has 0 aromatic heterocycles. The van der Waals surface area contributed by atoms with Crippen LogP contribution in [0.4, 0.5) is 8.78 Å². The van der Waals surface area contributed by atoms with Gasteiger partial charge in [0.2, 0.25) is 0 Å². The molecule has 0 spiro atoms. The highest BCUT2D eigenvalue weighted by Gasteiger charge is 2.37. The molecule has 0 amide bonds. The fourth-order valence-corrected chi connectivity index (χ4v) is 3.26. The van der Waals surface area contributed by atoms with Crippen LogP contribution in [0.1, 0.15) is 5.56 Å². The highest BCUT2D eigenvalue weighted by Crippen LogP contribution is 2.18. The van der Waals surface area contributed by atoms with Crippen molar-refractivity contribution in [1.29, 1.82) is 0 Å². The summed E-state index contributed by atoms with van der Waals surface area (Å²) in [5, 5.41) is 0. The lowest BCUT2D eigenvalue weighted by Crippen LogP contribution is -2.43. The van der Waals surface area contributed by atoms with Crippen LogP contribution >= 0.6 is 0 Å². The molecule has 17 heavy (non-hydrogen) atoms. The lowest BCUT2D eigenvalue weighted by Gasteiger charge is -2.24. The zero-order valence-corrected chi connectivity index (χ0v) is 11.1. The van der Waals surface area contributed by atoms with Gasteiger partial charge < -0.3 is 13.3 Å². The van der Waals surface area contributed by atoms with Gasteiger partial charge in [0.25, 0.3) is 0 Å². The SMILES string of the molecule is CO[Si](CCc1ccc(F)cc1F)(OC)OC. The zero-order valence-electron chi connectivity index (χ0n) is 10.1. The van der Waals surface area contributed by atoms with Crippen molar-refractivity contribution in [2.45, 2.75) is 12.5 Å². The molecule has 0 saturated carbocycles. The maximum Gasteiger partial charge on any atom is 0.500 e. The average Bonchev–Trinajstić information content (AvgIpc) is 2.33. The monoisotopic (exact) mass is 262 g/mol. The molecule has 6 heteroatoms. The Bertz CT molecular complexity index is 361. The van der Waals surface area contributed by atoms with Gasteiger partial charge >= 0.3 is 8.80 Å². The molecule has 0 unspecified atom stereocenters. The van der Waals surface area contributed by atoms with Crippen LogP contribution in [0.5, 0.6) is 0 Å². The normalized spacial score (nSPS) is 11.8. The van der Waals surface area contributed by atoms with Gasteiger partial charge in [-0.15, -0.1) is 0 Å². The van der Waals surface area contributed by atoms with Gasteiger partial charge in [0.1, 0.15) is 11.6 Å². The van der Waals surface area contributed by atoms with E-state index in [0.29, 0.717) is 18.0 Å². The maximum atomic E-state index is 13.4. The molecule has 0 heterocycles. The maximum absolute atomic E-state index is 13.4. The van der Waals surface area contributed by atoms with Crippen LogP contribution in [-0.4, -0.2) is 30.1 Å². The highest BCUT2D eigenvalue weighted by atomic mass is 28.4. The number of benzene rings is 1. The Balaban J connectivity index is 2.72. The Kier molecular flexibility index (Phi) is 5.19. The van der Waals surface area contributed by atoms with Gasteiger partial charge in [-0.25, -0.2) is 8.78 Å². The van der Waals surface area contributed by atoms with Gasteiger partial charge in [-0.3, -0.25) is 0 Å². The predicted octanol–water partition coefficient (Wildman–Crippen LogP) is 2.39. The minimum absolute atomic E-state index is 0.383. The van der Waals surface area contributed by atoms with Gasteiger partial charge in [-0.05, 0) is 18.1 Å². The molecule has 3 nitrogen and oxygen atoms in total. The van der Waals surface area contributed by atoms with Crippen LogP contribution < -0.4 is 0 Å². The molecule has 0 atom stereocenters. The predicted molar refractivity (Wildman–Crippen MR) is 61.7 cm³/mol. The van der Waals surface area contributed by atoms with E-state index in [2.05, 4.69) is 0 Å². The Labute approximate surface area is 101 Å². The number of hydrogen-bond acceptors (Lipinski definition) is 3. The molecule has 0 saturated heterocycles. The van der Waals surface area contributed by atoms with Crippen molar-refractivity contribution in [1.82, 2.24) is 0 Å². The number of aryl methyl sites for hydroxylation is 1. The molecule has 0 aliphatic rings. The summed E-state index contributed by atoms with van der Waals surface area (Å²) in [7, 11) is 1.80. The van der Waals surface area contributed by atoms with Crippen molar-refractivity contribution >= 4 is 8.80 Å². The van der Waals surface area contributed by atoms with E-state index >= 15 is 0 Å². The van der Waals surface area contributed by atoms with Crippen LogP contribution in [0.3, 0.4) is 0 Å². The molecule has 1 aromatic carbocycles. The standard InChI is InChI=1S/C11H16F2O3Si/c1-14-17(15-2,16-3)7-6-9-4-5-10(12)8-11(9)13/h4-5,8H,6-7H2,1-3H3. The topological polar surface area (TPSA) is 27.7 Å². The molecular weight excluding hydrogens is 246 g/mol. The second-order valence-electron chi connectivity index (χ2n) is 3.53. The highest BCUT2D eigenvalue weighted by molar-refractivity contribution is 6.60. The van der Waals surface area contributed by atoms with Gasteiger partial charge in [0.05, 0.1) is 0 Å². The van der Waals surface area contributed by atoms with Gasteiger partial charge in [-0.1, -0.05) is 6.07 Å². The summed E-state index contributed by atoms with van der Waals surface area (Å²) in [5.74, 6) is -1.14. The van der Waals surface area contributed by atoms with Crippen molar-refractivity contribution in [3.05, 3.63) is 35.4 Å². The molecule has 96 valence electrons. The summed E-state index contributed by atoms with van der Waals surface area (Å²) in [6.45, 7) is 0. The number of halogens is 2. The van der Waals surface area contributed by atoms with Gasteiger partial charge in [-0.2, -0.15) is 0 Å². The smallest absolute Gasteiger partial charge is 0.377 e. The van der Waals surface area contributed by atoms with Crippen LogP contribution in [0, 0.1) is 11.6 Å². The second-order valence-corrected chi connectivity index (χ2v) is 6.62. The molecular formula is C11H16F2O3Si. The Morgan fingerprint density at radius 2 is 1.65 bits per heavy atom. The van der Waals surface area contributed by atoms with E-state index in [4.69, 9.17) is 13.3 Å². The first-order valence-corrected chi connectivity index (χ1v) is 7.09. The Morgan fingerprint density at radius 1 is 1.06 bits per heavy atom. The summed E-state index contributed by atoms with van der Waals surface area (Å²) in [4.78, 5) is 0. The second kappa shape index (κ2) is 6.20. The van der Waals surface area contributed by atoms with Crippen LogP contribution in [-0.2, 0) is 19.7 Å². The summed E-state index contributed by atoms with van der Waals surface area (Å²) in [5.41, 5.74) is 0.425. The van der Waals surface area contributed by atoms with Crippen LogP contribution in [0.25, 0.3) is 0 Å². The lowest BCUT2D eigenvalue weighted by atomic mass is 10.1. The minimum atomic E-state index is -2.70. The third kappa shape index (κ3) is 3.57. The van der Waals surface area contributed by atoms with Crippen LogP contribution in [0.15, 0.2) is 18.2 Å². The molecule has 0 radical (unpaired) electrons. The van der Waals surface area contributed by atoms with Gasteiger partial charge in [0.15, 0.2) is 0 Å². The van der Waals surface area contributed by atoms with Crippen molar-refractivity contribution in [3.8, 4) is 0 Å². The molecule has 1 rings (SSSR count).